The number of aliphatic hydroxyl groups excluding tert-OH is 5. The van der Waals surface area contributed by atoms with Crippen molar-refractivity contribution < 1.29 is 40.2 Å². The molecule has 0 amide bonds. The summed E-state index contributed by atoms with van der Waals surface area (Å²) in [5.41, 5.74) is 0. The van der Waals surface area contributed by atoms with Gasteiger partial charge in [-0.3, -0.25) is 0 Å². The van der Waals surface area contributed by atoms with Crippen molar-refractivity contribution >= 4 is 12.3 Å². The van der Waals surface area contributed by atoms with Crippen LogP contribution in [0.25, 0.3) is 0 Å². The molecule has 4 atom stereocenters. The predicted molar refractivity (Wildman–Crippen MR) is 55.0 cm³/mol. The molecule has 100 valence electrons. The molecule has 0 saturated carbocycles. The second-order valence-corrected chi connectivity index (χ2v) is 2.90. The third kappa shape index (κ3) is 8.48. The van der Waals surface area contributed by atoms with Gasteiger partial charge in [0.15, 0.2) is 6.29 Å². The van der Waals surface area contributed by atoms with Crippen molar-refractivity contribution in [2.45, 2.75) is 24.4 Å². The minimum Gasteiger partial charge on any atom is -0.478 e. The number of aldehydes is 1. The van der Waals surface area contributed by atoms with E-state index in [-0.39, 0.29) is 6.29 Å². The molecule has 0 rings (SSSR count). The summed E-state index contributed by atoms with van der Waals surface area (Å²) in [7, 11) is 0. The summed E-state index contributed by atoms with van der Waals surface area (Å²) in [5.74, 6) is -0.981. The average molecular weight is 252 g/mol. The Bertz CT molecular complexity index is 241. The molecule has 0 unspecified atom stereocenters. The third-order valence-corrected chi connectivity index (χ3v) is 1.60. The van der Waals surface area contributed by atoms with Gasteiger partial charge in [-0.2, -0.15) is 0 Å². The van der Waals surface area contributed by atoms with Gasteiger partial charge in [0.25, 0.3) is 0 Å². The summed E-state index contributed by atoms with van der Waals surface area (Å²) in [6.07, 6.45) is -6.01. The monoisotopic (exact) mass is 252 g/mol. The molecule has 8 nitrogen and oxygen atoms in total. The van der Waals surface area contributed by atoms with Crippen LogP contribution >= 0.6 is 0 Å². The van der Waals surface area contributed by atoms with E-state index in [0.29, 0.717) is 0 Å². The standard InChI is InChI=1S/C6H12O6.C3H4O2/c7-1-3(9)5(11)6(12)4(10)2-8;1-2-3(4)5/h1,3-6,8-12H,2H2;2H,1H2,(H,4,5)/t3-,4+,5+,6+;/m0./s1. The molecular weight excluding hydrogens is 236 g/mol. The van der Waals surface area contributed by atoms with Crippen LogP contribution in [0.15, 0.2) is 12.7 Å². The summed E-state index contributed by atoms with van der Waals surface area (Å²) in [5, 5.41) is 51.1. The first kappa shape index (κ1) is 18.1. The van der Waals surface area contributed by atoms with E-state index < -0.39 is 37.0 Å². The summed E-state index contributed by atoms with van der Waals surface area (Å²) in [6.45, 7) is 2.20. The smallest absolute Gasteiger partial charge is 0.327 e. The van der Waals surface area contributed by atoms with E-state index in [2.05, 4.69) is 6.58 Å². The van der Waals surface area contributed by atoms with E-state index >= 15 is 0 Å². The van der Waals surface area contributed by atoms with Gasteiger partial charge >= 0.3 is 5.97 Å². The van der Waals surface area contributed by atoms with Crippen LogP contribution in [0.1, 0.15) is 0 Å². The third-order valence-electron chi connectivity index (χ3n) is 1.60. The maximum absolute atomic E-state index is 9.90. The lowest BCUT2D eigenvalue weighted by atomic mass is 10.0. The van der Waals surface area contributed by atoms with E-state index in [1.165, 1.54) is 0 Å². The largest absolute Gasteiger partial charge is 0.478 e. The number of carbonyl (C=O) groups is 2. The summed E-state index contributed by atoms with van der Waals surface area (Å²) in [4.78, 5) is 19.1. The lowest BCUT2D eigenvalue weighted by molar-refractivity contribution is -0.136. The SMILES string of the molecule is C=CC(=O)O.O=C[C@H](O)[C@@H](O)[C@H](O)[C@H](O)CO. The second kappa shape index (κ2) is 9.87. The average Bonchev–Trinajstić information content (AvgIpc) is 2.35. The molecule has 0 saturated heterocycles. The highest BCUT2D eigenvalue weighted by molar-refractivity contribution is 5.78. The first-order valence-electron chi connectivity index (χ1n) is 4.45. The van der Waals surface area contributed by atoms with Gasteiger partial charge in [0.1, 0.15) is 24.4 Å². The second-order valence-electron chi connectivity index (χ2n) is 2.90. The number of aliphatic carboxylic acids is 1. The maximum atomic E-state index is 9.90. The van der Waals surface area contributed by atoms with Crippen LogP contribution in [0, 0.1) is 0 Å². The van der Waals surface area contributed by atoms with Gasteiger partial charge in [-0.05, 0) is 0 Å². The van der Waals surface area contributed by atoms with Crippen LogP contribution < -0.4 is 0 Å². The molecule has 0 aromatic carbocycles. The molecular formula is C9H16O8. The number of hydrogen-bond acceptors (Lipinski definition) is 7. The fourth-order valence-corrected chi connectivity index (χ4v) is 0.618. The molecule has 0 aliphatic rings. The quantitative estimate of drug-likeness (QED) is 0.214. The highest BCUT2D eigenvalue weighted by Gasteiger charge is 2.29. The molecule has 0 fully saturated rings. The zero-order valence-corrected chi connectivity index (χ0v) is 8.88. The fourth-order valence-electron chi connectivity index (χ4n) is 0.618. The van der Waals surface area contributed by atoms with Crippen molar-refractivity contribution in [2.24, 2.45) is 0 Å². The Morgan fingerprint density at radius 3 is 1.82 bits per heavy atom. The van der Waals surface area contributed by atoms with Crippen molar-refractivity contribution in [3.8, 4) is 0 Å². The Morgan fingerprint density at radius 1 is 1.18 bits per heavy atom. The van der Waals surface area contributed by atoms with E-state index in [1.54, 1.807) is 0 Å². The molecule has 0 aliphatic heterocycles. The van der Waals surface area contributed by atoms with Crippen molar-refractivity contribution in [3.05, 3.63) is 12.7 Å². The van der Waals surface area contributed by atoms with Crippen LogP contribution in [-0.4, -0.2) is 73.9 Å². The number of carbonyl (C=O) groups excluding carboxylic acids is 1. The summed E-state index contributed by atoms with van der Waals surface area (Å²) >= 11 is 0. The number of hydrogen-bond donors (Lipinski definition) is 6. The number of carboxylic acid groups (broad SMARTS) is 1. The number of rotatable bonds is 6. The lowest BCUT2D eigenvalue weighted by Gasteiger charge is -2.22. The zero-order valence-electron chi connectivity index (χ0n) is 8.88. The van der Waals surface area contributed by atoms with Crippen LogP contribution in [-0.2, 0) is 9.59 Å². The van der Waals surface area contributed by atoms with Crippen molar-refractivity contribution in [3.63, 3.8) is 0 Å². The molecule has 0 spiro atoms. The van der Waals surface area contributed by atoms with Crippen molar-refractivity contribution in [2.75, 3.05) is 6.61 Å². The van der Waals surface area contributed by atoms with Crippen LogP contribution in [0.3, 0.4) is 0 Å². The Labute approximate surface area is 97.1 Å². The minimum atomic E-state index is -1.79. The van der Waals surface area contributed by atoms with Gasteiger partial charge in [0.05, 0.1) is 6.61 Å². The molecule has 0 aromatic heterocycles. The number of carboxylic acids is 1. The zero-order chi connectivity index (χ0) is 14.0. The highest BCUT2D eigenvalue weighted by Crippen LogP contribution is 2.02. The van der Waals surface area contributed by atoms with Crippen molar-refractivity contribution in [1.29, 1.82) is 0 Å². The van der Waals surface area contributed by atoms with E-state index in [0.717, 1.165) is 6.08 Å². The topological polar surface area (TPSA) is 156 Å². The Kier molecular flexibility index (Phi) is 10.5. The van der Waals surface area contributed by atoms with Crippen LogP contribution in [0.5, 0.6) is 0 Å². The van der Waals surface area contributed by atoms with E-state index in [1.807, 2.05) is 0 Å². The van der Waals surface area contributed by atoms with Crippen molar-refractivity contribution in [1.82, 2.24) is 0 Å². The van der Waals surface area contributed by atoms with Gasteiger partial charge in [-0.25, -0.2) is 4.79 Å². The summed E-state index contributed by atoms with van der Waals surface area (Å²) in [6, 6.07) is 0. The molecule has 0 bridgehead atoms. The Balaban J connectivity index is 0. The first-order valence-corrected chi connectivity index (χ1v) is 4.45. The molecule has 8 heteroatoms. The molecule has 0 aromatic rings. The molecule has 0 aliphatic carbocycles. The fraction of sp³-hybridized carbons (Fsp3) is 0.556. The number of aliphatic hydroxyl groups is 5. The Hall–Kier alpha value is -1.32. The molecule has 0 radical (unpaired) electrons. The van der Waals surface area contributed by atoms with Crippen LogP contribution in [0.2, 0.25) is 0 Å². The first-order chi connectivity index (χ1) is 7.81. The minimum absolute atomic E-state index is 0.0258. The maximum Gasteiger partial charge on any atom is 0.327 e. The normalized spacial score (nSPS) is 16.8. The predicted octanol–water partition coefficient (Wildman–Crippen LogP) is -3.12. The van der Waals surface area contributed by atoms with Gasteiger partial charge in [0.2, 0.25) is 0 Å². The van der Waals surface area contributed by atoms with E-state index in [9.17, 15) is 9.59 Å². The van der Waals surface area contributed by atoms with Gasteiger partial charge < -0.3 is 35.4 Å². The lowest BCUT2D eigenvalue weighted by Crippen LogP contribution is -2.46. The molecule has 6 N–H and O–H groups in total. The van der Waals surface area contributed by atoms with E-state index in [4.69, 9.17) is 30.6 Å². The molecule has 0 heterocycles. The summed E-state index contributed by atoms with van der Waals surface area (Å²) < 4.78 is 0. The van der Waals surface area contributed by atoms with Gasteiger partial charge in [-0.15, -0.1) is 0 Å². The van der Waals surface area contributed by atoms with Crippen LogP contribution in [0.4, 0.5) is 0 Å². The van der Waals surface area contributed by atoms with Gasteiger partial charge in [-0.1, -0.05) is 6.58 Å². The highest BCUT2D eigenvalue weighted by atomic mass is 16.4. The molecule has 17 heavy (non-hydrogen) atoms. The Morgan fingerprint density at radius 2 is 1.59 bits per heavy atom. The van der Waals surface area contributed by atoms with Gasteiger partial charge in [0, 0.05) is 6.08 Å².